The summed E-state index contributed by atoms with van der Waals surface area (Å²) in [7, 11) is 0. The number of hydrogen-bond acceptors (Lipinski definition) is 3. The fourth-order valence-electron chi connectivity index (χ4n) is 3.08. The third kappa shape index (κ3) is 4.83. The Bertz CT molecular complexity index is 780. The van der Waals surface area contributed by atoms with Gasteiger partial charge in [0.1, 0.15) is 6.61 Å². The molecule has 0 amide bonds. The van der Waals surface area contributed by atoms with Gasteiger partial charge in [0.05, 0.1) is 0 Å². The van der Waals surface area contributed by atoms with Gasteiger partial charge in [0.15, 0.2) is 11.5 Å². The van der Waals surface area contributed by atoms with Crippen LogP contribution in [0, 0.1) is 0 Å². The number of phenolic OH excluding ortho intramolecular Hbond substituents is 1. The highest BCUT2D eigenvalue weighted by molar-refractivity contribution is 6.30. The molecule has 140 valence electrons. The van der Waals surface area contributed by atoms with Crippen molar-refractivity contribution in [1.29, 1.82) is 0 Å². The van der Waals surface area contributed by atoms with Crippen molar-refractivity contribution in [3.8, 4) is 22.6 Å². The van der Waals surface area contributed by atoms with Crippen LogP contribution in [0.1, 0.15) is 18.4 Å². The highest BCUT2D eigenvalue weighted by Crippen LogP contribution is 2.38. The molecule has 0 unspecified atom stereocenters. The second-order valence-electron chi connectivity index (χ2n) is 6.34. The number of fused-ring (bicyclic) bond motifs is 1. The van der Waals surface area contributed by atoms with Gasteiger partial charge >= 0.3 is 6.18 Å². The molecule has 0 radical (unpaired) electrons. The molecule has 0 bridgehead atoms. The maximum Gasteiger partial charge on any atom is 0.389 e. The lowest BCUT2D eigenvalue weighted by Gasteiger charge is -2.20. The zero-order chi connectivity index (χ0) is 18.7. The first-order chi connectivity index (χ1) is 12.3. The molecule has 1 heterocycles. The summed E-state index contributed by atoms with van der Waals surface area (Å²) < 4.78 is 42.7. The molecule has 1 N–H and O–H groups in total. The van der Waals surface area contributed by atoms with E-state index in [0.717, 1.165) is 16.7 Å². The van der Waals surface area contributed by atoms with Gasteiger partial charge in [0.2, 0.25) is 0 Å². The van der Waals surface area contributed by atoms with Crippen molar-refractivity contribution >= 4 is 11.6 Å². The first-order valence-electron chi connectivity index (χ1n) is 8.35. The largest absolute Gasteiger partial charge is 0.504 e. The van der Waals surface area contributed by atoms with E-state index in [0.29, 0.717) is 37.0 Å². The van der Waals surface area contributed by atoms with Gasteiger partial charge in [0.25, 0.3) is 0 Å². The van der Waals surface area contributed by atoms with Crippen LogP contribution in [0.15, 0.2) is 36.4 Å². The van der Waals surface area contributed by atoms with Crippen molar-refractivity contribution < 1.29 is 23.0 Å². The zero-order valence-corrected chi connectivity index (χ0v) is 14.8. The van der Waals surface area contributed by atoms with Gasteiger partial charge in [-0.05, 0) is 48.4 Å². The van der Waals surface area contributed by atoms with Gasteiger partial charge in [-0.25, -0.2) is 0 Å². The van der Waals surface area contributed by atoms with Crippen LogP contribution in [0.25, 0.3) is 11.1 Å². The average molecular weight is 386 g/mol. The van der Waals surface area contributed by atoms with E-state index >= 15 is 0 Å². The maximum atomic E-state index is 12.4. The number of benzene rings is 2. The van der Waals surface area contributed by atoms with Crippen molar-refractivity contribution in [3.63, 3.8) is 0 Å². The lowest BCUT2D eigenvalue weighted by Crippen LogP contribution is -2.27. The van der Waals surface area contributed by atoms with Crippen LogP contribution in [-0.4, -0.2) is 35.9 Å². The maximum absolute atomic E-state index is 12.4. The smallest absolute Gasteiger partial charge is 0.389 e. The number of halogens is 4. The van der Waals surface area contributed by atoms with E-state index in [1.54, 1.807) is 18.2 Å². The number of aromatic hydroxyl groups is 1. The second-order valence-corrected chi connectivity index (χ2v) is 6.77. The Morgan fingerprint density at radius 2 is 1.96 bits per heavy atom. The summed E-state index contributed by atoms with van der Waals surface area (Å²) in [6.07, 6.45) is -4.90. The number of hydrogen-bond donors (Lipinski definition) is 1. The molecule has 1 aliphatic heterocycles. The van der Waals surface area contributed by atoms with Gasteiger partial charge in [0, 0.05) is 30.1 Å². The van der Waals surface area contributed by atoms with Gasteiger partial charge in [-0.15, -0.1) is 0 Å². The first kappa shape index (κ1) is 18.9. The molecule has 0 saturated heterocycles. The van der Waals surface area contributed by atoms with E-state index in [1.165, 1.54) is 0 Å². The number of ether oxygens (including phenoxy) is 1. The Labute approximate surface area is 155 Å². The van der Waals surface area contributed by atoms with E-state index < -0.39 is 12.6 Å². The van der Waals surface area contributed by atoms with E-state index in [1.807, 2.05) is 23.1 Å². The molecule has 3 rings (SSSR count). The molecule has 0 saturated carbocycles. The molecule has 7 heteroatoms. The normalized spacial score (nSPS) is 15.2. The van der Waals surface area contributed by atoms with Crippen molar-refractivity contribution in [2.75, 3.05) is 19.7 Å². The molecular formula is C19H19ClF3NO2. The molecule has 0 atom stereocenters. The fraction of sp³-hybridized carbons (Fsp3) is 0.368. The van der Waals surface area contributed by atoms with Crippen molar-refractivity contribution in [2.24, 2.45) is 0 Å². The van der Waals surface area contributed by atoms with Crippen molar-refractivity contribution in [3.05, 3.63) is 47.0 Å². The Morgan fingerprint density at radius 1 is 1.15 bits per heavy atom. The monoisotopic (exact) mass is 385 g/mol. The van der Waals surface area contributed by atoms with Crippen LogP contribution in [0.3, 0.4) is 0 Å². The van der Waals surface area contributed by atoms with E-state index in [9.17, 15) is 18.3 Å². The summed E-state index contributed by atoms with van der Waals surface area (Å²) in [4.78, 5) is 1.92. The summed E-state index contributed by atoms with van der Waals surface area (Å²) >= 11 is 6.03. The standard InChI is InChI=1S/C19H19ClF3NO2/c20-16-4-1-3-13(10-16)14-9-15-12-24(6-2-5-19(21,22)23)7-8-26-18(15)17(25)11-14/h1,3-4,9-11,25H,2,5-8,12H2. The summed E-state index contributed by atoms with van der Waals surface area (Å²) in [5.41, 5.74) is 2.39. The fourth-order valence-corrected chi connectivity index (χ4v) is 3.27. The van der Waals surface area contributed by atoms with Crippen LogP contribution < -0.4 is 4.74 Å². The Balaban J connectivity index is 1.81. The van der Waals surface area contributed by atoms with Crippen molar-refractivity contribution in [1.82, 2.24) is 4.90 Å². The molecular weight excluding hydrogens is 367 g/mol. The molecule has 3 nitrogen and oxygen atoms in total. The first-order valence-corrected chi connectivity index (χ1v) is 8.73. The molecule has 26 heavy (non-hydrogen) atoms. The Morgan fingerprint density at radius 3 is 2.69 bits per heavy atom. The quantitative estimate of drug-likeness (QED) is 0.780. The van der Waals surface area contributed by atoms with Crippen LogP contribution in [0.4, 0.5) is 13.2 Å². The second kappa shape index (κ2) is 7.76. The minimum absolute atomic E-state index is 0.0228. The summed E-state index contributed by atoms with van der Waals surface area (Å²) in [5, 5.41) is 10.9. The highest BCUT2D eigenvalue weighted by atomic mass is 35.5. The minimum atomic E-state index is -4.14. The lowest BCUT2D eigenvalue weighted by atomic mass is 10.0. The van der Waals surface area contributed by atoms with Crippen LogP contribution in [0.5, 0.6) is 11.5 Å². The molecule has 2 aromatic carbocycles. The van der Waals surface area contributed by atoms with Crippen molar-refractivity contribution in [2.45, 2.75) is 25.6 Å². The minimum Gasteiger partial charge on any atom is -0.504 e. The Hall–Kier alpha value is -1.92. The third-order valence-corrected chi connectivity index (χ3v) is 4.52. The number of nitrogens with zero attached hydrogens (tertiary/aromatic N) is 1. The van der Waals surface area contributed by atoms with Crippen LogP contribution >= 0.6 is 11.6 Å². The number of phenols is 1. The predicted molar refractivity (Wildman–Crippen MR) is 94.6 cm³/mol. The van der Waals surface area contributed by atoms with E-state index in [-0.39, 0.29) is 12.2 Å². The van der Waals surface area contributed by atoms with E-state index in [2.05, 4.69) is 0 Å². The topological polar surface area (TPSA) is 32.7 Å². The van der Waals surface area contributed by atoms with Crippen LogP contribution in [-0.2, 0) is 6.54 Å². The average Bonchev–Trinajstić information content (AvgIpc) is 2.76. The van der Waals surface area contributed by atoms with Gasteiger partial charge in [-0.3, -0.25) is 4.90 Å². The van der Waals surface area contributed by atoms with Gasteiger partial charge in [-0.2, -0.15) is 13.2 Å². The molecule has 0 aliphatic carbocycles. The van der Waals surface area contributed by atoms with E-state index in [4.69, 9.17) is 16.3 Å². The molecule has 0 spiro atoms. The highest BCUT2D eigenvalue weighted by Gasteiger charge is 2.27. The summed E-state index contributed by atoms with van der Waals surface area (Å²) in [6, 6.07) is 10.8. The lowest BCUT2D eigenvalue weighted by molar-refractivity contribution is -0.136. The van der Waals surface area contributed by atoms with Gasteiger partial charge in [-0.1, -0.05) is 23.7 Å². The predicted octanol–water partition coefficient (Wildman–Crippen LogP) is 5.25. The summed E-state index contributed by atoms with van der Waals surface area (Å²) in [6.45, 7) is 1.58. The molecule has 1 aliphatic rings. The molecule has 0 fully saturated rings. The molecule has 0 aromatic heterocycles. The van der Waals surface area contributed by atoms with Gasteiger partial charge < -0.3 is 9.84 Å². The third-order valence-electron chi connectivity index (χ3n) is 4.29. The van der Waals surface area contributed by atoms with Crippen LogP contribution in [0.2, 0.25) is 5.02 Å². The zero-order valence-electron chi connectivity index (χ0n) is 14.0. The molecule has 2 aromatic rings. The summed E-state index contributed by atoms with van der Waals surface area (Å²) in [5.74, 6) is 0.420. The number of alkyl halides is 3. The Kier molecular flexibility index (Phi) is 5.63. The SMILES string of the molecule is Oc1cc(-c2cccc(Cl)c2)cc2c1OCCN(CCCC(F)(F)F)C2. The number of rotatable bonds is 4.